The summed E-state index contributed by atoms with van der Waals surface area (Å²) in [4.78, 5) is 0. The molecular formula is C16H19ClN2O. The van der Waals surface area contributed by atoms with Gasteiger partial charge in [-0.1, -0.05) is 41.4 Å². The van der Waals surface area contributed by atoms with E-state index >= 15 is 0 Å². The summed E-state index contributed by atoms with van der Waals surface area (Å²) in [5, 5.41) is 0.590. The number of nitrogens with two attached hydrogens (primary N) is 1. The van der Waals surface area contributed by atoms with Gasteiger partial charge >= 0.3 is 0 Å². The van der Waals surface area contributed by atoms with Crippen LogP contribution in [0.5, 0.6) is 5.75 Å². The molecule has 2 aromatic carbocycles. The van der Waals surface area contributed by atoms with Crippen LogP contribution in [0.3, 0.4) is 0 Å². The van der Waals surface area contributed by atoms with Crippen LogP contribution in [0.25, 0.3) is 0 Å². The molecule has 0 aliphatic carbocycles. The van der Waals surface area contributed by atoms with Crippen molar-refractivity contribution >= 4 is 11.6 Å². The van der Waals surface area contributed by atoms with Gasteiger partial charge in [0.1, 0.15) is 5.75 Å². The van der Waals surface area contributed by atoms with Gasteiger partial charge in [-0.05, 0) is 42.7 Å². The van der Waals surface area contributed by atoms with Gasteiger partial charge in [-0.3, -0.25) is 5.84 Å². The molecule has 0 saturated carbocycles. The Labute approximate surface area is 124 Å². The van der Waals surface area contributed by atoms with Crippen LogP contribution in [0, 0.1) is 13.8 Å². The van der Waals surface area contributed by atoms with Crippen molar-refractivity contribution in [3.05, 3.63) is 63.7 Å². The second kappa shape index (κ2) is 6.27. The maximum Gasteiger partial charge on any atom is 0.137 e. The Bertz CT molecular complexity index is 613. The first-order valence-corrected chi connectivity index (χ1v) is 6.81. The zero-order chi connectivity index (χ0) is 14.7. The largest absolute Gasteiger partial charge is 0.495 e. The van der Waals surface area contributed by atoms with E-state index in [4.69, 9.17) is 22.2 Å². The van der Waals surface area contributed by atoms with E-state index < -0.39 is 0 Å². The van der Waals surface area contributed by atoms with Crippen LogP contribution >= 0.6 is 11.6 Å². The lowest BCUT2D eigenvalue weighted by molar-refractivity contribution is 0.414. The second-order valence-corrected chi connectivity index (χ2v) is 5.26. The van der Waals surface area contributed by atoms with Crippen molar-refractivity contribution < 1.29 is 4.74 Å². The molecule has 0 aromatic heterocycles. The van der Waals surface area contributed by atoms with E-state index in [0.717, 1.165) is 11.1 Å². The van der Waals surface area contributed by atoms with Crippen molar-refractivity contribution in [2.24, 2.45) is 5.84 Å². The minimum Gasteiger partial charge on any atom is -0.495 e. The molecule has 106 valence electrons. The van der Waals surface area contributed by atoms with Crippen molar-refractivity contribution in [2.45, 2.75) is 19.9 Å². The zero-order valence-corrected chi connectivity index (χ0v) is 12.7. The van der Waals surface area contributed by atoms with E-state index in [9.17, 15) is 0 Å². The lowest BCUT2D eigenvalue weighted by Gasteiger charge is -2.20. The highest BCUT2D eigenvalue weighted by Crippen LogP contribution is 2.31. The molecular weight excluding hydrogens is 272 g/mol. The van der Waals surface area contributed by atoms with E-state index in [2.05, 4.69) is 37.5 Å². The first-order valence-electron chi connectivity index (χ1n) is 6.43. The van der Waals surface area contributed by atoms with E-state index in [1.807, 2.05) is 18.2 Å². The number of nitrogens with one attached hydrogen (secondary N) is 1. The highest BCUT2D eigenvalue weighted by Gasteiger charge is 2.16. The lowest BCUT2D eigenvalue weighted by atomic mass is 9.94. The molecule has 2 rings (SSSR count). The number of ether oxygens (including phenoxy) is 1. The molecule has 0 fully saturated rings. The predicted molar refractivity (Wildman–Crippen MR) is 83.1 cm³/mol. The Morgan fingerprint density at radius 3 is 2.50 bits per heavy atom. The Morgan fingerprint density at radius 2 is 1.90 bits per heavy atom. The molecule has 0 spiro atoms. The van der Waals surface area contributed by atoms with Gasteiger partial charge in [-0.25, -0.2) is 5.43 Å². The fourth-order valence-corrected chi connectivity index (χ4v) is 2.57. The first kappa shape index (κ1) is 14.9. The Kier molecular flexibility index (Phi) is 4.65. The Balaban J connectivity index is 2.46. The molecule has 0 bridgehead atoms. The number of benzene rings is 2. The van der Waals surface area contributed by atoms with Crippen molar-refractivity contribution in [1.29, 1.82) is 0 Å². The van der Waals surface area contributed by atoms with Gasteiger partial charge in [0.15, 0.2) is 0 Å². The van der Waals surface area contributed by atoms with Crippen molar-refractivity contribution in [1.82, 2.24) is 5.43 Å². The van der Waals surface area contributed by atoms with Crippen LogP contribution < -0.4 is 16.0 Å². The predicted octanol–water partition coefficient (Wildman–Crippen LogP) is 3.52. The fourth-order valence-electron chi connectivity index (χ4n) is 2.37. The second-order valence-electron chi connectivity index (χ2n) is 4.85. The molecule has 20 heavy (non-hydrogen) atoms. The SMILES string of the molecule is COc1cc(C(NN)c2ccc(C)cc2C)ccc1Cl. The number of hydrogen-bond donors (Lipinski definition) is 2. The van der Waals surface area contributed by atoms with E-state index in [1.54, 1.807) is 7.11 Å². The van der Waals surface area contributed by atoms with Crippen molar-refractivity contribution in [3.63, 3.8) is 0 Å². The molecule has 3 nitrogen and oxygen atoms in total. The molecule has 1 unspecified atom stereocenters. The molecule has 4 heteroatoms. The first-order chi connectivity index (χ1) is 9.56. The van der Waals surface area contributed by atoms with Crippen LogP contribution in [0.4, 0.5) is 0 Å². The zero-order valence-electron chi connectivity index (χ0n) is 11.9. The molecule has 0 aliphatic heterocycles. The molecule has 1 atom stereocenters. The summed E-state index contributed by atoms with van der Waals surface area (Å²) in [5.41, 5.74) is 7.45. The standard InChI is InChI=1S/C16H19ClN2O/c1-10-4-6-13(11(2)8-10)16(19-18)12-5-7-14(17)15(9-12)20-3/h4-9,16,19H,18H2,1-3H3. The van der Waals surface area contributed by atoms with Crippen molar-refractivity contribution in [2.75, 3.05) is 7.11 Å². The van der Waals surface area contributed by atoms with Crippen LogP contribution in [0.2, 0.25) is 5.02 Å². The monoisotopic (exact) mass is 290 g/mol. The number of hydrazine groups is 1. The van der Waals surface area contributed by atoms with Crippen LogP contribution in [-0.2, 0) is 0 Å². The summed E-state index contributed by atoms with van der Waals surface area (Å²) in [6.45, 7) is 4.16. The highest BCUT2D eigenvalue weighted by molar-refractivity contribution is 6.32. The number of halogens is 1. The minimum atomic E-state index is -0.0956. The number of hydrogen-bond acceptors (Lipinski definition) is 3. The molecule has 0 aliphatic rings. The Morgan fingerprint density at radius 1 is 1.15 bits per heavy atom. The lowest BCUT2D eigenvalue weighted by Crippen LogP contribution is -2.29. The smallest absolute Gasteiger partial charge is 0.137 e. The summed E-state index contributed by atoms with van der Waals surface area (Å²) in [6.07, 6.45) is 0. The molecule has 0 amide bonds. The fraction of sp³-hybridized carbons (Fsp3) is 0.250. The normalized spacial score (nSPS) is 12.2. The van der Waals surface area contributed by atoms with Gasteiger partial charge in [0, 0.05) is 0 Å². The van der Waals surface area contributed by atoms with Gasteiger partial charge < -0.3 is 4.74 Å². The van der Waals surface area contributed by atoms with Gasteiger partial charge in [0.25, 0.3) is 0 Å². The van der Waals surface area contributed by atoms with Crippen LogP contribution in [0.15, 0.2) is 36.4 Å². The number of rotatable bonds is 4. The average Bonchev–Trinajstić information content (AvgIpc) is 2.43. The van der Waals surface area contributed by atoms with E-state index in [0.29, 0.717) is 10.8 Å². The Hall–Kier alpha value is -1.55. The summed E-state index contributed by atoms with van der Waals surface area (Å²) in [6, 6.07) is 11.9. The third kappa shape index (κ3) is 2.96. The number of methoxy groups -OCH3 is 1. The van der Waals surface area contributed by atoms with Gasteiger partial charge in [-0.2, -0.15) is 0 Å². The summed E-state index contributed by atoms with van der Waals surface area (Å²) in [7, 11) is 1.60. The quantitative estimate of drug-likeness (QED) is 0.669. The summed E-state index contributed by atoms with van der Waals surface area (Å²) < 4.78 is 5.26. The highest BCUT2D eigenvalue weighted by atomic mass is 35.5. The van der Waals surface area contributed by atoms with E-state index in [-0.39, 0.29) is 6.04 Å². The van der Waals surface area contributed by atoms with Gasteiger partial charge in [0.05, 0.1) is 18.2 Å². The topological polar surface area (TPSA) is 47.3 Å². The minimum absolute atomic E-state index is 0.0956. The van der Waals surface area contributed by atoms with Gasteiger partial charge in [0.2, 0.25) is 0 Å². The van der Waals surface area contributed by atoms with E-state index in [1.165, 1.54) is 11.1 Å². The third-order valence-corrected chi connectivity index (χ3v) is 3.72. The molecule has 0 radical (unpaired) electrons. The third-order valence-electron chi connectivity index (χ3n) is 3.41. The molecule has 3 N–H and O–H groups in total. The molecule has 0 saturated heterocycles. The maximum atomic E-state index is 6.07. The average molecular weight is 291 g/mol. The molecule has 0 heterocycles. The maximum absolute atomic E-state index is 6.07. The summed E-state index contributed by atoms with van der Waals surface area (Å²) in [5.74, 6) is 6.40. The van der Waals surface area contributed by atoms with Crippen LogP contribution in [-0.4, -0.2) is 7.11 Å². The van der Waals surface area contributed by atoms with Gasteiger partial charge in [-0.15, -0.1) is 0 Å². The molecule has 2 aromatic rings. The van der Waals surface area contributed by atoms with Crippen LogP contribution in [0.1, 0.15) is 28.3 Å². The number of aryl methyl sites for hydroxylation is 2. The van der Waals surface area contributed by atoms with Crippen molar-refractivity contribution in [3.8, 4) is 5.75 Å². The summed E-state index contributed by atoms with van der Waals surface area (Å²) >= 11 is 6.07.